The quantitative estimate of drug-likeness (QED) is 0.733. The lowest BCUT2D eigenvalue weighted by Crippen LogP contribution is -2.54. The molecule has 1 fully saturated rings. The Labute approximate surface area is 116 Å². The molecule has 2 rings (SSSR count). The third kappa shape index (κ3) is 3.31. The molecule has 1 aliphatic heterocycles. The number of nitrogens with zero attached hydrogens (tertiary/aromatic N) is 2. The Hall–Kier alpha value is -1.99. The first-order valence-corrected chi connectivity index (χ1v) is 6.33. The van der Waals surface area contributed by atoms with Crippen LogP contribution in [0.25, 0.3) is 0 Å². The standard InChI is InChI=1S/C13H17N3O4/c1-20-13(19)10-4-2-3-9(15-10)8-16-6-5-14-7-11(16)12(17)18/h2-4,11,14H,5-8H2,1H3,(H,17,18). The van der Waals surface area contributed by atoms with Crippen molar-refractivity contribution in [3.05, 3.63) is 29.6 Å². The summed E-state index contributed by atoms with van der Waals surface area (Å²) < 4.78 is 4.62. The Morgan fingerprint density at radius 1 is 1.55 bits per heavy atom. The normalized spacial score (nSPS) is 19.6. The molecule has 0 amide bonds. The number of esters is 1. The van der Waals surface area contributed by atoms with Gasteiger partial charge in [-0.1, -0.05) is 6.07 Å². The highest BCUT2D eigenvalue weighted by molar-refractivity contribution is 5.87. The Morgan fingerprint density at radius 3 is 3.05 bits per heavy atom. The molecule has 20 heavy (non-hydrogen) atoms. The molecule has 0 aliphatic carbocycles. The highest BCUT2D eigenvalue weighted by atomic mass is 16.5. The zero-order chi connectivity index (χ0) is 14.5. The van der Waals surface area contributed by atoms with Crippen LogP contribution in [0.15, 0.2) is 18.2 Å². The second kappa shape index (κ2) is 6.44. The molecule has 7 nitrogen and oxygen atoms in total. The van der Waals surface area contributed by atoms with Crippen molar-refractivity contribution in [2.45, 2.75) is 12.6 Å². The molecule has 1 unspecified atom stereocenters. The molecular weight excluding hydrogens is 262 g/mol. The maximum absolute atomic E-state index is 11.4. The summed E-state index contributed by atoms with van der Waals surface area (Å²) in [6.07, 6.45) is 0. The molecule has 0 bridgehead atoms. The molecule has 7 heteroatoms. The first-order valence-electron chi connectivity index (χ1n) is 6.33. The van der Waals surface area contributed by atoms with Crippen LogP contribution in [-0.2, 0) is 16.1 Å². The van der Waals surface area contributed by atoms with Crippen LogP contribution in [0.1, 0.15) is 16.2 Å². The maximum atomic E-state index is 11.4. The fourth-order valence-corrected chi connectivity index (χ4v) is 2.17. The summed E-state index contributed by atoms with van der Waals surface area (Å²) in [6.45, 7) is 2.16. The minimum absolute atomic E-state index is 0.229. The van der Waals surface area contributed by atoms with Gasteiger partial charge in [0.25, 0.3) is 0 Å². The van der Waals surface area contributed by atoms with Crippen molar-refractivity contribution in [2.75, 3.05) is 26.7 Å². The summed E-state index contributed by atoms with van der Waals surface area (Å²) in [5, 5.41) is 12.2. The zero-order valence-corrected chi connectivity index (χ0v) is 11.2. The van der Waals surface area contributed by atoms with E-state index in [0.717, 1.165) is 6.54 Å². The number of pyridine rings is 1. The van der Waals surface area contributed by atoms with Crippen molar-refractivity contribution in [1.29, 1.82) is 0 Å². The summed E-state index contributed by atoms with van der Waals surface area (Å²) in [5.74, 6) is -1.36. The summed E-state index contributed by atoms with van der Waals surface area (Å²) in [5.41, 5.74) is 0.882. The molecule has 0 radical (unpaired) electrons. The molecule has 1 aromatic heterocycles. The number of carbonyl (C=O) groups is 2. The van der Waals surface area contributed by atoms with Gasteiger partial charge in [-0.25, -0.2) is 9.78 Å². The number of ether oxygens (including phenoxy) is 1. The topological polar surface area (TPSA) is 91.8 Å². The van der Waals surface area contributed by atoms with E-state index in [1.807, 2.05) is 4.90 Å². The predicted octanol–water partition coefficient (Wildman–Crippen LogP) is -0.273. The molecule has 0 saturated carbocycles. The minimum Gasteiger partial charge on any atom is -0.480 e. The van der Waals surface area contributed by atoms with Crippen LogP contribution >= 0.6 is 0 Å². The van der Waals surface area contributed by atoms with E-state index in [9.17, 15) is 14.7 Å². The van der Waals surface area contributed by atoms with Gasteiger partial charge in [-0.15, -0.1) is 0 Å². The van der Waals surface area contributed by atoms with Crippen LogP contribution in [-0.4, -0.2) is 59.7 Å². The molecule has 2 heterocycles. The van der Waals surface area contributed by atoms with E-state index in [-0.39, 0.29) is 5.69 Å². The van der Waals surface area contributed by atoms with Crippen molar-refractivity contribution in [3.8, 4) is 0 Å². The zero-order valence-electron chi connectivity index (χ0n) is 11.2. The van der Waals surface area contributed by atoms with Gasteiger partial charge in [-0.3, -0.25) is 9.69 Å². The average molecular weight is 279 g/mol. The van der Waals surface area contributed by atoms with Gasteiger partial charge >= 0.3 is 11.9 Å². The summed E-state index contributed by atoms with van der Waals surface area (Å²) in [6, 6.07) is 4.48. The number of hydrogen-bond acceptors (Lipinski definition) is 6. The van der Waals surface area contributed by atoms with Crippen molar-refractivity contribution in [1.82, 2.24) is 15.2 Å². The largest absolute Gasteiger partial charge is 0.480 e. The second-order valence-corrected chi connectivity index (χ2v) is 4.53. The molecule has 2 N–H and O–H groups in total. The second-order valence-electron chi connectivity index (χ2n) is 4.53. The van der Waals surface area contributed by atoms with Crippen molar-refractivity contribution in [2.24, 2.45) is 0 Å². The average Bonchev–Trinajstić information content (AvgIpc) is 2.47. The van der Waals surface area contributed by atoms with Gasteiger partial charge in [0.1, 0.15) is 11.7 Å². The lowest BCUT2D eigenvalue weighted by atomic mass is 10.1. The first kappa shape index (κ1) is 14.4. The van der Waals surface area contributed by atoms with E-state index in [1.54, 1.807) is 18.2 Å². The minimum atomic E-state index is -0.860. The van der Waals surface area contributed by atoms with Crippen LogP contribution in [0.3, 0.4) is 0 Å². The van der Waals surface area contributed by atoms with Crippen molar-refractivity contribution in [3.63, 3.8) is 0 Å². The third-order valence-electron chi connectivity index (χ3n) is 3.21. The third-order valence-corrected chi connectivity index (χ3v) is 3.21. The molecule has 1 aliphatic rings. The highest BCUT2D eigenvalue weighted by Crippen LogP contribution is 2.10. The van der Waals surface area contributed by atoms with Gasteiger partial charge in [-0.05, 0) is 12.1 Å². The van der Waals surface area contributed by atoms with Crippen LogP contribution in [0.2, 0.25) is 0 Å². The van der Waals surface area contributed by atoms with E-state index in [2.05, 4.69) is 15.0 Å². The number of methoxy groups -OCH3 is 1. The lowest BCUT2D eigenvalue weighted by Gasteiger charge is -2.33. The Morgan fingerprint density at radius 2 is 2.35 bits per heavy atom. The van der Waals surface area contributed by atoms with Gasteiger partial charge in [0.05, 0.1) is 12.8 Å². The number of piperazine rings is 1. The monoisotopic (exact) mass is 279 g/mol. The van der Waals surface area contributed by atoms with E-state index in [1.165, 1.54) is 7.11 Å². The fraction of sp³-hybridized carbons (Fsp3) is 0.462. The van der Waals surface area contributed by atoms with E-state index >= 15 is 0 Å². The molecular formula is C13H17N3O4. The number of carboxylic acid groups (broad SMARTS) is 1. The molecule has 1 atom stereocenters. The fourth-order valence-electron chi connectivity index (χ4n) is 2.17. The van der Waals surface area contributed by atoms with Crippen LogP contribution < -0.4 is 5.32 Å². The molecule has 1 aromatic rings. The van der Waals surface area contributed by atoms with Crippen molar-refractivity contribution < 1.29 is 19.4 Å². The number of rotatable bonds is 4. The van der Waals surface area contributed by atoms with Crippen LogP contribution in [0, 0.1) is 0 Å². The number of carbonyl (C=O) groups excluding carboxylic acids is 1. The van der Waals surface area contributed by atoms with Gasteiger partial charge in [-0.2, -0.15) is 0 Å². The van der Waals surface area contributed by atoms with E-state index in [4.69, 9.17) is 0 Å². The van der Waals surface area contributed by atoms with Gasteiger partial charge < -0.3 is 15.2 Å². The molecule has 0 spiro atoms. The number of aromatic nitrogens is 1. The smallest absolute Gasteiger partial charge is 0.356 e. The molecule has 0 aromatic carbocycles. The van der Waals surface area contributed by atoms with E-state index < -0.39 is 18.0 Å². The number of nitrogens with one attached hydrogen (secondary N) is 1. The van der Waals surface area contributed by atoms with Crippen molar-refractivity contribution >= 4 is 11.9 Å². The maximum Gasteiger partial charge on any atom is 0.356 e. The summed E-state index contributed by atoms with van der Waals surface area (Å²) in [7, 11) is 1.30. The van der Waals surface area contributed by atoms with Gasteiger partial charge in [0.2, 0.25) is 0 Å². The SMILES string of the molecule is COC(=O)c1cccc(CN2CCNCC2C(=O)O)n1. The Balaban J connectivity index is 2.12. The first-order chi connectivity index (χ1) is 9.61. The lowest BCUT2D eigenvalue weighted by molar-refractivity contribution is -0.144. The summed E-state index contributed by atoms with van der Waals surface area (Å²) >= 11 is 0. The Bertz CT molecular complexity index is 506. The highest BCUT2D eigenvalue weighted by Gasteiger charge is 2.28. The van der Waals surface area contributed by atoms with Crippen LogP contribution in [0.4, 0.5) is 0 Å². The van der Waals surface area contributed by atoms with E-state index in [0.29, 0.717) is 25.3 Å². The molecule has 1 saturated heterocycles. The van der Waals surface area contributed by atoms with Crippen LogP contribution in [0.5, 0.6) is 0 Å². The Kier molecular flexibility index (Phi) is 4.65. The van der Waals surface area contributed by atoms with Gasteiger partial charge in [0.15, 0.2) is 0 Å². The summed E-state index contributed by atoms with van der Waals surface area (Å²) in [4.78, 5) is 28.7. The van der Waals surface area contributed by atoms with Gasteiger partial charge in [0, 0.05) is 26.2 Å². The number of hydrogen-bond donors (Lipinski definition) is 2. The predicted molar refractivity (Wildman–Crippen MR) is 70.3 cm³/mol. The number of aliphatic carboxylic acids is 1. The molecule has 108 valence electrons. The number of carboxylic acids is 1.